The maximum absolute atomic E-state index is 13.4. The summed E-state index contributed by atoms with van der Waals surface area (Å²) in [6.45, 7) is 16.2. The first-order valence-electron chi connectivity index (χ1n) is 14.1. The fourth-order valence-corrected chi connectivity index (χ4v) is 6.11. The largest absolute Gasteiger partial charge is 1.00 e. The number of halogens is 2. The molecule has 0 spiro atoms. The summed E-state index contributed by atoms with van der Waals surface area (Å²) in [5.41, 5.74) is 2.83. The number of hydrogen-bond acceptors (Lipinski definition) is 3. The molecule has 0 bridgehead atoms. The monoisotopic (exact) mass is 549 g/mol. The van der Waals surface area contributed by atoms with Crippen LogP contribution in [0.2, 0.25) is 0 Å². The third-order valence-corrected chi connectivity index (χ3v) is 7.46. The average molecular weight is 550 g/mol. The molecule has 1 aliphatic rings. The summed E-state index contributed by atoms with van der Waals surface area (Å²) in [4.78, 5) is 0. The van der Waals surface area contributed by atoms with Gasteiger partial charge in [0.1, 0.15) is 37.4 Å². The first-order valence-corrected chi connectivity index (χ1v) is 14.1. The molecule has 2 aromatic carbocycles. The number of ether oxygens (including phenoxy) is 2. The average Bonchev–Trinajstić information content (AvgIpc) is 3.04. The topological polar surface area (TPSA) is 38.7 Å². The molecule has 1 N–H and O–H groups in total. The molecular weight excluding hydrogens is 501 g/mol. The minimum absolute atomic E-state index is 0. The van der Waals surface area contributed by atoms with Crippen molar-refractivity contribution in [3.05, 3.63) is 65.5 Å². The number of benzene rings is 2. The molecule has 1 heterocycles. The van der Waals surface area contributed by atoms with Crippen LogP contribution in [0.15, 0.2) is 48.5 Å². The molecule has 6 heteroatoms. The van der Waals surface area contributed by atoms with Gasteiger partial charge in [-0.15, -0.1) is 0 Å². The van der Waals surface area contributed by atoms with E-state index in [0.29, 0.717) is 26.4 Å². The van der Waals surface area contributed by atoms with E-state index in [2.05, 4.69) is 46.8 Å². The zero-order valence-corrected chi connectivity index (χ0v) is 24.9. The lowest BCUT2D eigenvalue weighted by molar-refractivity contribution is -0.943. The molecule has 4 nitrogen and oxygen atoms in total. The molecule has 2 aromatic rings. The van der Waals surface area contributed by atoms with Crippen LogP contribution in [-0.2, 0) is 16.7 Å². The van der Waals surface area contributed by atoms with Gasteiger partial charge in [-0.2, -0.15) is 0 Å². The van der Waals surface area contributed by atoms with Crippen LogP contribution in [0, 0.1) is 11.2 Å². The molecule has 1 fully saturated rings. The lowest BCUT2D eigenvalue weighted by atomic mass is 9.72. The molecular formula is C32H49ClFNO3. The van der Waals surface area contributed by atoms with Gasteiger partial charge in [0.25, 0.3) is 0 Å². The maximum Gasteiger partial charge on any atom is 0.126 e. The van der Waals surface area contributed by atoms with Crippen LogP contribution in [0.4, 0.5) is 4.39 Å². The smallest absolute Gasteiger partial charge is 0.126 e. The molecule has 38 heavy (non-hydrogen) atoms. The number of rotatable bonds is 12. The van der Waals surface area contributed by atoms with Gasteiger partial charge in [-0.05, 0) is 72.8 Å². The molecule has 0 amide bonds. The fourth-order valence-electron chi connectivity index (χ4n) is 6.11. The van der Waals surface area contributed by atoms with Gasteiger partial charge in [-0.25, -0.2) is 4.39 Å². The number of nitrogens with zero attached hydrogens (tertiary/aromatic N) is 1. The van der Waals surface area contributed by atoms with Gasteiger partial charge in [0.05, 0.1) is 26.3 Å². The van der Waals surface area contributed by atoms with Gasteiger partial charge in [0.2, 0.25) is 0 Å². The highest BCUT2D eigenvalue weighted by atomic mass is 35.5. The Kier molecular flexibility index (Phi) is 12.5. The molecule has 1 unspecified atom stereocenters. The Morgan fingerprint density at radius 2 is 1.47 bits per heavy atom. The summed E-state index contributed by atoms with van der Waals surface area (Å²) < 4.78 is 25.9. The minimum Gasteiger partial charge on any atom is -1.00 e. The second-order valence-corrected chi connectivity index (χ2v) is 12.9. The summed E-state index contributed by atoms with van der Waals surface area (Å²) in [6.07, 6.45) is 5.37. The number of aliphatic hydroxyl groups excluding tert-OH is 1. The van der Waals surface area contributed by atoms with Crippen molar-refractivity contribution in [2.24, 2.45) is 5.41 Å². The first-order chi connectivity index (χ1) is 17.5. The molecule has 1 aliphatic heterocycles. The van der Waals surface area contributed by atoms with Crippen molar-refractivity contribution in [3.8, 4) is 5.75 Å². The molecule has 1 saturated heterocycles. The van der Waals surface area contributed by atoms with Crippen LogP contribution in [0.1, 0.15) is 77.8 Å². The van der Waals surface area contributed by atoms with Crippen molar-refractivity contribution >= 4 is 0 Å². The van der Waals surface area contributed by atoms with Crippen molar-refractivity contribution in [3.63, 3.8) is 0 Å². The van der Waals surface area contributed by atoms with E-state index < -0.39 is 6.10 Å². The molecule has 0 radical (unpaired) electrons. The van der Waals surface area contributed by atoms with Crippen LogP contribution >= 0.6 is 0 Å². The van der Waals surface area contributed by atoms with Gasteiger partial charge in [0.15, 0.2) is 0 Å². The second-order valence-electron chi connectivity index (χ2n) is 12.9. The van der Waals surface area contributed by atoms with E-state index in [9.17, 15) is 9.50 Å². The van der Waals surface area contributed by atoms with E-state index in [1.165, 1.54) is 30.5 Å². The van der Waals surface area contributed by atoms with Gasteiger partial charge < -0.3 is 31.5 Å². The zero-order valence-electron chi connectivity index (χ0n) is 24.1. The third-order valence-electron chi connectivity index (χ3n) is 7.46. The predicted octanol–water partition coefficient (Wildman–Crippen LogP) is 3.89. The molecule has 1 atom stereocenters. The summed E-state index contributed by atoms with van der Waals surface area (Å²) in [5.74, 6) is 0.634. The summed E-state index contributed by atoms with van der Waals surface area (Å²) >= 11 is 0. The molecule has 0 aliphatic carbocycles. The van der Waals surface area contributed by atoms with E-state index in [1.807, 2.05) is 24.3 Å². The highest BCUT2D eigenvalue weighted by Gasteiger charge is 2.32. The normalized spacial score (nSPS) is 16.8. The predicted molar refractivity (Wildman–Crippen MR) is 149 cm³/mol. The van der Waals surface area contributed by atoms with Crippen LogP contribution in [0.3, 0.4) is 0 Å². The number of likely N-dealkylation sites (tertiary alicyclic amines) is 1. The Labute approximate surface area is 236 Å². The van der Waals surface area contributed by atoms with Gasteiger partial charge >= 0.3 is 0 Å². The summed E-state index contributed by atoms with van der Waals surface area (Å²) in [6, 6.07) is 15.2. The molecule has 0 saturated carbocycles. The van der Waals surface area contributed by atoms with Crippen molar-refractivity contribution in [2.75, 3.05) is 39.5 Å². The highest BCUT2D eigenvalue weighted by Crippen LogP contribution is 2.36. The van der Waals surface area contributed by atoms with Crippen LogP contribution in [0.25, 0.3) is 0 Å². The lowest BCUT2D eigenvalue weighted by Crippen LogP contribution is -3.00. The minimum atomic E-state index is -0.539. The Bertz CT molecular complexity index is 933. The van der Waals surface area contributed by atoms with Crippen LogP contribution in [0.5, 0.6) is 5.75 Å². The Balaban J connectivity index is 0.00000507. The van der Waals surface area contributed by atoms with Crippen molar-refractivity contribution in [2.45, 2.75) is 84.8 Å². The van der Waals surface area contributed by atoms with Gasteiger partial charge in [-0.1, -0.05) is 58.9 Å². The van der Waals surface area contributed by atoms with Gasteiger partial charge in [-0.3, -0.25) is 0 Å². The number of quaternary nitrogens is 1. The quantitative estimate of drug-likeness (QED) is 0.322. The van der Waals surface area contributed by atoms with E-state index in [0.717, 1.165) is 54.7 Å². The third kappa shape index (κ3) is 10.8. The van der Waals surface area contributed by atoms with Crippen LogP contribution < -0.4 is 17.1 Å². The summed E-state index contributed by atoms with van der Waals surface area (Å²) in [5, 5.41) is 10.8. The first kappa shape index (κ1) is 32.6. The Morgan fingerprint density at radius 1 is 0.868 bits per heavy atom. The number of hydrogen-bond donors (Lipinski definition) is 1. The lowest BCUT2D eigenvalue weighted by Gasteiger charge is -2.39. The fraction of sp³-hybridized carbons (Fsp3) is 0.625. The standard InChI is InChI=1S/C32H49FNO3.ClH/c1-31(2,3)25-32(4,5)27-12-16-30(17-13-27)37-21-20-36-24-29(35)23-34(18-8-6-7-9-19-34)22-26-10-14-28(33)15-11-26;/h10-17,29,35H,6-9,18-25H2,1-5H3;1H/q+1;/p-1. The summed E-state index contributed by atoms with van der Waals surface area (Å²) in [7, 11) is 0. The van der Waals surface area contributed by atoms with Crippen molar-refractivity contribution in [1.29, 1.82) is 0 Å². The van der Waals surface area contributed by atoms with E-state index in [-0.39, 0.29) is 29.1 Å². The van der Waals surface area contributed by atoms with E-state index in [4.69, 9.17) is 9.47 Å². The zero-order chi connectivity index (χ0) is 26.9. The highest BCUT2D eigenvalue weighted by molar-refractivity contribution is 5.31. The maximum atomic E-state index is 13.4. The van der Waals surface area contributed by atoms with E-state index in [1.54, 1.807) is 0 Å². The van der Waals surface area contributed by atoms with Gasteiger partial charge in [0, 0.05) is 5.56 Å². The van der Waals surface area contributed by atoms with Crippen molar-refractivity contribution in [1.82, 2.24) is 0 Å². The van der Waals surface area contributed by atoms with Crippen molar-refractivity contribution < 1.29 is 35.9 Å². The SMILES string of the molecule is CC(C)(C)CC(C)(C)c1ccc(OCCOCC(O)C[N+]2(Cc3ccc(F)cc3)CCCCCC2)cc1.[Cl-]. The molecule has 3 rings (SSSR count). The molecule has 214 valence electrons. The number of aliphatic hydroxyl groups is 1. The molecule has 0 aromatic heterocycles. The second kappa shape index (κ2) is 14.6. The van der Waals surface area contributed by atoms with Crippen LogP contribution in [-0.4, -0.2) is 55.1 Å². The Hall–Kier alpha value is -1.66. The van der Waals surface area contributed by atoms with E-state index >= 15 is 0 Å². The Morgan fingerprint density at radius 3 is 2.05 bits per heavy atom.